The van der Waals surface area contributed by atoms with Crippen LogP contribution in [0.5, 0.6) is 0 Å². The van der Waals surface area contributed by atoms with Crippen LogP contribution >= 0.6 is 0 Å². The molecule has 45 heavy (non-hydrogen) atoms. The third-order valence-electron chi connectivity index (χ3n) is 8.37. The number of pyridine rings is 2. The lowest BCUT2D eigenvalue weighted by molar-refractivity contribution is 0.119. The van der Waals surface area contributed by atoms with Crippen molar-refractivity contribution in [1.82, 2.24) is 39.7 Å². The summed E-state index contributed by atoms with van der Waals surface area (Å²) in [4.78, 5) is 31.3. The highest BCUT2D eigenvalue weighted by atomic mass is 16.5. The number of ether oxygens (including phenoxy) is 1. The fourth-order valence-electron chi connectivity index (χ4n) is 5.44. The summed E-state index contributed by atoms with van der Waals surface area (Å²) in [6.07, 6.45) is 6.05. The van der Waals surface area contributed by atoms with E-state index >= 15 is 0 Å². The molecule has 0 aliphatic carbocycles. The Hall–Kier alpha value is -4.38. The van der Waals surface area contributed by atoms with Crippen LogP contribution < -0.4 is 22.1 Å². The molecule has 13 heteroatoms. The van der Waals surface area contributed by atoms with Crippen LogP contribution in [0.2, 0.25) is 0 Å². The lowest BCUT2D eigenvalue weighted by atomic mass is 10.1. The number of piperidine rings is 2. The van der Waals surface area contributed by atoms with Crippen LogP contribution in [0.1, 0.15) is 56.9 Å². The van der Waals surface area contributed by atoms with Crippen LogP contribution in [0.3, 0.4) is 0 Å². The van der Waals surface area contributed by atoms with E-state index in [1.54, 1.807) is 20.2 Å². The minimum absolute atomic E-state index is 0.0386. The maximum Gasteiger partial charge on any atom is 0.226 e. The largest absolute Gasteiger partial charge is 0.383 e. The summed E-state index contributed by atoms with van der Waals surface area (Å²) in [6, 6.07) is 6.42. The van der Waals surface area contributed by atoms with Crippen molar-refractivity contribution >= 4 is 45.6 Å². The van der Waals surface area contributed by atoms with Crippen LogP contribution in [-0.4, -0.2) is 99.2 Å². The Morgan fingerprint density at radius 1 is 0.822 bits per heavy atom. The van der Waals surface area contributed by atoms with Gasteiger partial charge in [-0.1, -0.05) is 5.92 Å². The lowest BCUT2D eigenvalue weighted by Crippen LogP contribution is -2.37. The molecule has 1 atom stereocenters. The summed E-state index contributed by atoms with van der Waals surface area (Å²) >= 11 is 0. The average molecular weight is 613 g/mol. The second-order valence-electron chi connectivity index (χ2n) is 11.8. The van der Waals surface area contributed by atoms with Crippen LogP contribution in [0.15, 0.2) is 24.4 Å². The standard InChI is InChI=1S/C16H24N6O.C16H20N6/c1-10(23-3)11-8-13-14(17)20-16(21-15(13)18-9-11)19-12-4-6-22(2)7-5-12;1-3-4-11-5-6-13-14(17)20-16(21-15(13)18-11)19-12-7-9-22(2)10-8-12/h8-10,12H,4-7H2,1-3H3,(H3,17,18,19,20,21);5-6,12H,7-10H2,1-2H3,(H3,17,18,19,20,21). The van der Waals surface area contributed by atoms with Crippen molar-refractivity contribution in [1.29, 1.82) is 0 Å². The lowest BCUT2D eigenvalue weighted by Gasteiger charge is -2.29. The molecule has 0 bridgehead atoms. The first-order valence-corrected chi connectivity index (χ1v) is 15.5. The average Bonchev–Trinajstić information content (AvgIpc) is 3.03. The van der Waals surface area contributed by atoms with Crippen molar-refractivity contribution in [2.75, 3.05) is 69.5 Å². The molecule has 13 nitrogen and oxygen atoms in total. The highest BCUT2D eigenvalue weighted by molar-refractivity contribution is 5.87. The van der Waals surface area contributed by atoms with Gasteiger partial charge in [-0.15, -0.1) is 0 Å². The van der Waals surface area contributed by atoms with Crippen LogP contribution in [0.4, 0.5) is 23.5 Å². The minimum atomic E-state index is -0.0386. The molecule has 0 amide bonds. The van der Waals surface area contributed by atoms with Crippen molar-refractivity contribution in [3.63, 3.8) is 0 Å². The Morgan fingerprint density at radius 3 is 1.93 bits per heavy atom. The van der Waals surface area contributed by atoms with Crippen LogP contribution in [0.25, 0.3) is 22.1 Å². The van der Waals surface area contributed by atoms with E-state index in [4.69, 9.17) is 16.2 Å². The first-order valence-electron chi connectivity index (χ1n) is 15.5. The summed E-state index contributed by atoms with van der Waals surface area (Å²) < 4.78 is 5.32. The van der Waals surface area contributed by atoms with Gasteiger partial charge >= 0.3 is 0 Å². The molecule has 0 saturated carbocycles. The highest BCUT2D eigenvalue weighted by Crippen LogP contribution is 2.24. The van der Waals surface area contributed by atoms with E-state index in [0.29, 0.717) is 52.6 Å². The van der Waals surface area contributed by atoms with Crippen molar-refractivity contribution in [3.05, 3.63) is 35.7 Å². The van der Waals surface area contributed by atoms with Crippen molar-refractivity contribution in [3.8, 4) is 11.8 Å². The van der Waals surface area contributed by atoms with Gasteiger partial charge in [-0.2, -0.15) is 19.9 Å². The van der Waals surface area contributed by atoms with Gasteiger partial charge in [0, 0.05) is 25.4 Å². The van der Waals surface area contributed by atoms with Crippen LogP contribution in [0, 0.1) is 11.8 Å². The number of hydrogen-bond acceptors (Lipinski definition) is 13. The highest BCUT2D eigenvalue weighted by Gasteiger charge is 2.19. The zero-order chi connectivity index (χ0) is 31.9. The van der Waals surface area contributed by atoms with Crippen LogP contribution in [-0.2, 0) is 4.74 Å². The molecule has 1 unspecified atom stereocenters. The smallest absolute Gasteiger partial charge is 0.226 e. The quantitative estimate of drug-likeness (QED) is 0.234. The zero-order valence-corrected chi connectivity index (χ0v) is 26.8. The van der Waals surface area contributed by atoms with Gasteiger partial charge in [-0.05, 0) is 109 Å². The van der Waals surface area contributed by atoms with Gasteiger partial charge < -0.3 is 36.6 Å². The maximum absolute atomic E-state index is 6.11. The third-order valence-corrected chi connectivity index (χ3v) is 8.37. The third kappa shape index (κ3) is 8.21. The maximum atomic E-state index is 6.11. The number of likely N-dealkylation sites (tertiary alicyclic amines) is 2. The van der Waals surface area contributed by atoms with E-state index in [1.165, 1.54) is 0 Å². The number of nitrogens with zero attached hydrogens (tertiary/aromatic N) is 8. The first kappa shape index (κ1) is 32.0. The zero-order valence-electron chi connectivity index (χ0n) is 26.8. The second kappa shape index (κ2) is 14.6. The molecule has 0 aromatic carbocycles. The fourth-order valence-corrected chi connectivity index (χ4v) is 5.44. The first-order chi connectivity index (χ1) is 21.7. The van der Waals surface area contributed by atoms with E-state index in [1.807, 2.05) is 25.1 Å². The molecule has 238 valence electrons. The van der Waals surface area contributed by atoms with Crippen molar-refractivity contribution in [2.24, 2.45) is 0 Å². The molecule has 4 aromatic heterocycles. The van der Waals surface area contributed by atoms with Gasteiger partial charge in [0.15, 0.2) is 11.3 Å². The number of fused-ring (bicyclic) bond motifs is 2. The molecular formula is C32H44N12O. The van der Waals surface area contributed by atoms with Gasteiger partial charge in [0.1, 0.15) is 17.3 Å². The van der Waals surface area contributed by atoms with Gasteiger partial charge in [-0.3, -0.25) is 0 Å². The Labute approximate surface area is 264 Å². The number of hydrogen-bond donors (Lipinski definition) is 4. The summed E-state index contributed by atoms with van der Waals surface area (Å²) in [6.45, 7) is 8.07. The Kier molecular flexibility index (Phi) is 10.4. The van der Waals surface area contributed by atoms with Gasteiger partial charge in [0.25, 0.3) is 0 Å². The summed E-state index contributed by atoms with van der Waals surface area (Å²) in [5, 5.41) is 8.29. The summed E-state index contributed by atoms with van der Waals surface area (Å²) in [7, 11) is 5.95. The molecule has 6 rings (SSSR count). The van der Waals surface area contributed by atoms with E-state index in [0.717, 1.165) is 68.2 Å². The molecule has 2 saturated heterocycles. The van der Waals surface area contributed by atoms with Gasteiger partial charge in [-0.25, -0.2) is 9.97 Å². The monoisotopic (exact) mass is 612 g/mol. The van der Waals surface area contributed by atoms with E-state index in [2.05, 4.69) is 76.3 Å². The SMILES string of the molecule is CC#Cc1ccc2c(N)nc(NC3CCN(C)CC3)nc2n1.COC(C)c1cnc2nc(NC3CCN(C)CC3)nc(N)c2c1. The molecule has 2 fully saturated rings. The Morgan fingerprint density at radius 2 is 1.38 bits per heavy atom. The van der Waals surface area contributed by atoms with Gasteiger partial charge in [0.05, 0.1) is 16.9 Å². The van der Waals surface area contributed by atoms with E-state index < -0.39 is 0 Å². The topological polar surface area (TPSA) is 169 Å². The molecule has 2 aliphatic rings. The van der Waals surface area contributed by atoms with E-state index in [-0.39, 0.29) is 6.10 Å². The number of nitrogens with two attached hydrogens (primary N) is 2. The number of methoxy groups -OCH3 is 1. The Balaban J connectivity index is 0.000000178. The normalized spacial score (nSPS) is 17.3. The number of nitrogens with one attached hydrogen (secondary N) is 2. The molecule has 4 aromatic rings. The summed E-state index contributed by atoms with van der Waals surface area (Å²) in [5.74, 6) is 7.78. The van der Waals surface area contributed by atoms with Gasteiger partial charge in [0.2, 0.25) is 11.9 Å². The summed E-state index contributed by atoms with van der Waals surface area (Å²) in [5.41, 5.74) is 15.0. The van der Waals surface area contributed by atoms with E-state index in [9.17, 15) is 0 Å². The molecule has 0 radical (unpaired) electrons. The fraction of sp³-hybridized carbons (Fsp3) is 0.500. The predicted molar refractivity (Wildman–Crippen MR) is 180 cm³/mol. The molecular weight excluding hydrogens is 568 g/mol. The second-order valence-corrected chi connectivity index (χ2v) is 11.8. The number of aromatic nitrogens is 6. The number of anilines is 4. The molecule has 6 heterocycles. The molecule has 6 N–H and O–H groups in total. The minimum Gasteiger partial charge on any atom is -0.383 e. The molecule has 0 spiro atoms. The predicted octanol–water partition coefficient (Wildman–Crippen LogP) is 3.31. The van der Waals surface area contributed by atoms with Crippen molar-refractivity contribution < 1.29 is 4.74 Å². The Bertz CT molecular complexity index is 1670. The van der Waals surface area contributed by atoms with Crippen molar-refractivity contribution in [2.45, 2.75) is 57.7 Å². The number of nitrogen functional groups attached to an aromatic ring is 2. The molecule has 2 aliphatic heterocycles. The number of rotatable bonds is 6.